The van der Waals surface area contributed by atoms with Gasteiger partial charge in [-0.15, -0.1) is 0 Å². The molecule has 1 aromatic carbocycles. The molecule has 1 fully saturated rings. The maximum Gasteiger partial charge on any atom is 0.326 e. The zero-order valence-electron chi connectivity index (χ0n) is 16.6. The fraction of sp³-hybridized carbons (Fsp3) is 0.300. The highest BCUT2D eigenvalue weighted by Gasteiger charge is 2.31. The van der Waals surface area contributed by atoms with Crippen LogP contribution in [-0.2, 0) is 0 Å². The lowest BCUT2D eigenvalue weighted by atomic mass is 10.1. The number of H-pyrrole nitrogens is 1. The number of halogens is 1. The quantitative estimate of drug-likeness (QED) is 0.472. The Labute approximate surface area is 171 Å². The van der Waals surface area contributed by atoms with Gasteiger partial charge >= 0.3 is 6.01 Å². The van der Waals surface area contributed by atoms with Gasteiger partial charge in [0.05, 0.1) is 29.0 Å². The van der Waals surface area contributed by atoms with Crippen LogP contribution in [0.4, 0.5) is 15.9 Å². The predicted molar refractivity (Wildman–Crippen MR) is 112 cm³/mol. The molecule has 1 saturated heterocycles. The Morgan fingerprint density at radius 2 is 2.07 bits per heavy atom. The number of ether oxygens (including phenoxy) is 1. The van der Waals surface area contributed by atoms with Crippen molar-refractivity contribution in [2.75, 3.05) is 23.8 Å². The smallest absolute Gasteiger partial charge is 0.326 e. The number of aromatic amines is 1. The number of hydrogen-bond acceptors (Lipinski definition) is 8. The van der Waals surface area contributed by atoms with Gasteiger partial charge in [-0.1, -0.05) is 0 Å². The normalized spacial score (nSPS) is 19.0. The monoisotopic (exact) mass is 408 g/mol. The van der Waals surface area contributed by atoms with Gasteiger partial charge in [-0.25, -0.2) is 14.4 Å². The molecule has 4 N–H and O–H groups in total. The predicted octanol–water partition coefficient (Wildman–Crippen LogP) is 2.80. The molecular weight excluding hydrogens is 387 g/mol. The Morgan fingerprint density at radius 3 is 2.77 bits per heavy atom. The Morgan fingerprint density at radius 1 is 1.27 bits per heavy atom. The molecule has 4 heterocycles. The molecule has 0 unspecified atom stereocenters. The van der Waals surface area contributed by atoms with Crippen LogP contribution in [0.5, 0.6) is 11.8 Å². The van der Waals surface area contributed by atoms with Gasteiger partial charge < -0.3 is 25.7 Å². The van der Waals surface area contributed by atoms with E-state index in [0.717, 1.165) is 17.3 Å². The second-order valence-electron chi connectivity index (χ2n) is 7.48. The first-order valence-electron chi connectivity index (χ1n) is 9.69. The molecule has 5 rings (SSSR count). The first-order chi connectivity index (χ1) is 14.5. The van der Waals surface area contributed by atoms with Crippen molar-refractivity contribution in [1.82, 2.24) is 24.9 Å². The Kier molecular flexibility index (Phi) is 4.35. The van der Waals surface area contributed by atoms with Crippen LogP contribution >= 0.6 is 0 Å². The van der Waals surface area contributed by atoms with Gasteiger partial charge in [-0.2, -0.15) is 9.97 Å². The number of aromatic nitrogens is 5. The fourth-order valence-corrected chi connectivity index (χ4v) is 4.09. The third kappa shape index (κ3) is 3.05. The van der Waals surface area contributed by atoms with E-state index in [4.69, 9.17) is 10.5 Å². The van der Waals surface area contributed by atoms with Crippen molar-refractivity contribution in [2.24, 2.45) is 5.73 Å². The highest BCUT2D eigenvalue weighted by atomic mass is 19.1. The molecule has 10 heteroatoms. The average molecular weight is 408 g/mol. The van der Waals surface area contributed by atoms with Crippen LogP contribution < -0.4 is 20.7 Å². The molecule has 0 bridgehead atoms. The molecule has 1 aliphatic heterocycles. The van der Waals surface area contributed by atoms with Gasteiger partial charge in [-0.05, 0) is 25.5 Å². The summed E-state index contributed by atoms with van der Waals surface area (Å²) in [4.78, 5) is 22.6. The Hall–Kier alpha value is -3.53. The fourth-order valence-electron chi connectivity index (χ4n) is 4.09. The molecular formula is C20H21FN8O. The van der Waals surface area contributed by atoms with Crippen molar-refractivity contribution < 1.29 is 9.13 Å². The second-order valence-corrected chi connectivity index (χ2v) is 7.48. The number of benzene rings is 1. The highest BCUT2D eigenvalue weighted by Crippen LogP contribution is 2.39. The molecule has 0 aliphatic carbocycles. The molecule has 154 valence electrons. The molecule has 0 spiro atoms. The van der Waals surface area contributed by atoms with Crippen LogP contribution in [0, 0.1) is 5.82 Å². The van der Waals surface area contributed by atoms with Gasteiger partial charge in [0.2, 0.25) is 0 Å². The average Bonchev–Trinajstić information content (AvgIpc) is 3.26. The minimum Gasteiger partial charge on any atom is -0.421 e. The van der Waals surface area contributed by atoms with E-state index in [1.54, 1.807) is 7.05 Å². The van der Waals surface area contributed by atoms with Crippen LogP contribution in [0.2, 0.25) is 0 Å². The van der Waals surface area contributed by atoms with Crippen molar-refractivity contribution in [2.45, 2.75) is 25.4 Å². The number of hydrogen-bond donors (Lipinski definition) is 3. The zero-order chi connectivity index (χ0) is 20.8. The third-order valence-corrected chi connectivity index (χ3v) is 5.38. The van der Waals surface area contributed by atoms with Gasteiger partial charge in [0, 0.05) is 31.1 Å². The number of nitrogens with zero attached hydrogens (tertiary/aromatic N) is 5. The summed E-state index contributed by atoms with van der Waals surface area (Å²) in [6, 6.07) is 3.30. The van der Waals surface area contributed by atoms with E-state index in [1.807, 2.05) is 0 Å². The molecule has 0 amide bonds. The third-order valence-electron chi connectivity index (χ3n) is 5.38. The summed E-state index contributed by atoms with van der Waals surface area (Å²) in [5, 5.41) is 4.47. The van der Waals surface area contributed by atoms with E-state index in [0.29, 0.717) is 34.8 Å². The van der Waals surface area contributed by atoms with Crippen LogP contribution in [0.15, 0.2) is 30.9 Å². The number of anilines is 2. The van der Waals surface area contributed by atoms with Gasteiger partial charge in [0.1, 0.15) is 23.6 Å². The second kappa shape index (κ2) is 7.06. The van der Waals surface area contributed by atoms with Crippen LogP contribution in [0.3, 0.4) is 0 Å². The van der Waals surface area contributed by atoms with Crippen LogP contribution in [0.25, 0.3) is 21.9 Å². The summed E-state index contributed by atoms with van der Waals surface area (Å²) in [7, 11) is 1.75. The van der Waals surface area contributed by atoms with E-state index in [1.165, 1.54) is 30.9 Å². The van der Waals surface area contributed by atoms with Crippen molar-refractivity contribution >= 4 is 33.4 Å². The van der Waals surface area contributed by atoms with Crippen molar-refractivity contribution in [3.8, 4) is 11.8 Å². The summed E-state index contributed by atoms with van der Waals surface area (Å²) in [5.74, 6) is 0.741. The molecule has 0 radical (unpaired) electrons. The van der Waals surface area contributed by atoms with E-state index in [2.05, 4.69) is 42.1 Å². The summed E-state index contributed by atoms with van der Waals surface area (Å²) < 4.78 is 20.1. The maximum atomic E-state index is 14.3. The molecule has 0 saturated carbocycles. The first kappa shape index (κ1) is 18.5. The number of nitrogens with two attached hydrogens (primary N) is 1. The lowest BCUT2D eigenvalue weighted by molar-refractivity contribution is 0.439. The zero-order valence-corrected chi connectivity index (χ0v) is 16.6. The minimum atomic E-state index is -0.341. The number of rotatable bonds is 4. The molecule has 3 aromatic heterocycles. The van der Waals surface area contributed by atoms with Gasteiger partial charge in [-0.3, -0.25) is 0 Å². The molecule has 9 nitrogen and oxygen atoms in total. The largest absolute Gasteiger partial charge is 0.421 e. The first-order valence-corrected chi connectivity index (χ1v) is 9.69. The molecule has 30 heavy (non-hydrogen) atoms. The van der Waals surface area contributed by atoms with E-state index >= 15 is 0 Å². The number of nitrogens with one attached hydrogen (secondary N) is 2. The molecule has 1 aliphatic rings. The maximum absolute atomic E-state index is 14.3. The van der Waals surface area contributed by atoms with Crippen LogP contribution in [0.1, 0.15) is 13.3 Å². The van der Waals surface area contributed by atoms with E-state index in [9.17, 15) is 4.39 Å². The Bertz CT molecular complexity index is 1230. The summed E-state index contributed by atoms with van der Waals surface area (Å²) in [5.41, 5.74) is 8.15. The standard InChI is InChI=1S/C20H21FN8O/c1-10-3-12(22)8-29(10)19-16-14-4-11(21)5-15(23-2)17(14)26-18(16)27-20(28-19)30-13-6-24-9-25-7-13/h4-7,9-10,12,23H,3,8,22H2,1-2H3,(H,26,27,28)/t10-,12-/m1/s1. The number of fused-ring (bicyclic) bond motifs is 3. The van der Waals surface area contributed by atoms with Gasteiger partial charge in [0.15, 0.2) is 5.75 Å². The van der Waals surface area contributed by atoms with Crippen LogP contribution in [-0.4, -0.2) is 50.6 Å². The molecule has 4 aromatic rings. The van der Waals surface area contributed by atoms with Crippen molar-refractivity contribution in [3.63, 3.8) is 0 Å². The summed E-state index contributed by atoms with van der Waals surface area (Å²) in [6.07, 6.45) is 5.33. The summed E-state index contributed by atoms with van der Waals surface area (Å²) >= 11 is 0. The van der Waals surface area contributed by atoms with Gasteiger partial charge in [0.25, 0.3) is 0 Å². The molecule has 2 atom stereocenters. The highest BCUT2D eigenvalue weighted by molar-refractivity contribution is 6.14. The summed E-state index contributed by atoms with van der Waals surface area (Å²) in [6.45, 7) is 2.74. The lowest BCUT2D eigenvalue weighted by Gasteiger charge is -2.23. The topological polar surface area (TPSA) is 118 Å². The SMILES string of the molecule is CNc1cc(F)cc2c1[nH]c1nc(Oc3cncnc3)nc(N3C[C@H](N)C[C@H]3C)c12. The van der Waals surface area contributed by atoms with E-state index < -0.39 is 0 Å². The lowest BCUT2D eigenvalue weighted by Crippen LogP contribution is -2.30. The van der Waals surface area contributed by atoms with Crippen molar-refractivity contribution in [1.29, 1.82) is 0 Å². The Balaban J connectivity index is 1.76. The van der Waals surface area contributed by atoms with Crippen molar-refractivity contribution in [3.05, 3.63) is 36.7 Å². The van der Waals surface area contributed by atoms with E-state index in [-0.39, 0.29) is 23.9 Å². The minimum absolute atomic E-state index is 0.0340.